The Hall–Kier alpha value is -2.48. The highest BCUT2D eigenvalue weighted by Crippen LogP contribution is 2.17. The molecule has 1 saturated heterocycles. The zero-order chi connectivity index (χ0) is 18.4. The van der Waals surface area contributed by atoms with Gasteiger partial charge < -0.3 is 15.0 Å². The fourth-order valence-electron chi connectivity index (χ4n) is 2.94. The highest BCUT2D eigenvalue weighted by Gasteiger charge is 2.20. The van der Waals surface area contributed by atoms with Crippen LogP contribution in [0.2, 0.25) is 0 Å². The Bertz CT molecular complexity index is 713. The number of carbonyl (C=O) groups is 1. The van der Waals surface area contributed by atoms with Gasteiger partial charge in [0.15, 0.2) is 5.69 Å². The Balaban J connectivity index is 1.44. The van der Waals surface area contributed by atoms with Crippen LogP contribution < -0.4 is 10.1 Å². The molecule has 1 N–H and O–H groups in total. The van der Waals surface area contributed by atoms with E-state index >= 15 is 0 Å². The van der Waals surface area contributed by atoms with Crippen molar-refractivity contribution in [2.45, 2.75) is 25.3 Å². The second kappa shape index (κ2) is 8.75. The van der Waals surface area contributed by atoms with Crippen molar-refractivity contribution in [3.63, 3.8) is 0 Å². The van der Waals surface area contributed by atoms with Crippen LogP contribution in [0.15, 0.2) is 30.5 Å². The fraction of sp³-hybridized carbons (Fsp3) is 0.500. The Kier molecular flexibility index (Phi) is 6.17. The highest BCUT2D eigenvalue weighted by atomic mass is 19.1. The van der Waals surface area contributed by atoms with Gasteiger partial charge in [-0.05, 0) is 56.6 Å². The Morgan fingerprint density at radius 3 is 2.81 bits per heavy atom. The van der Waals surface area contributed by atoms with Gasteiger partial charge in [-0.15, -0.1) is 5.10 Å². The number of nitrogens with one attached hydrogen (secondary N) is 1. The molecule has 0 aliphatic carbocycles. The molecule has 8 heteroatoms. The number of carbonyl (C=O) groups excluding carboxylic acids is 1. The summed E-state index contributed by atoms with van der Waals surface area (Å²) in [6.07, 6.45) is 4.40. The summed E-state index contributed by atoms with van der Waals surface area (Å²) < 4.78 is 20.2. The lowest BCUT2D eigenvalue weighted by Gasteiger charge is -2.22. The van der Waals surface area contributed by atoms with Gasteiger partial charge in [0.1, 0.15) is 11.6 Å². The summed E-state index contributed by atoms with van der Waals surface area (Å²) in [5.41, 5.74) is 0.366. The molecule has 0 saturated carbocycles. The van der Waals surface area contributed by atoms with E-state index in [4.69, 9.17) is 4.74 Å². The number of hydrogen-bond acceptors (Lipinski definition) is 5. The van der Waals surface area contributed by atoms with Gasteiger partial charge in [-0.25, -0.2) is 9.07 Å². The maximum Gasteiger partial charge on any atom is 0.275 e. The lowest BCUT2D eigenvalue weighted by molar-refractivity contribution is 0.0782. The van der Waals surface area contributed by atoms with Crippen molar-refractivity contribution in [2.24, 2.45) is 0 Å². The number of hydrogen-bond donors (Lipinski definition) is 1. The van der Waals surface area contributed by atoms with E-state index in [1.807, 2.05) is 0 Å². The van der Waals surface area contributed by atoms with Crippen molar-refractivity contribution in [2.75, 3.05) is 33.3 Å². The highest BCUT2D eigenvalue weighted by molar-refractivity contribution is 5.91. The predicted octanol–water partition coefficient (Wildman–Crippen LogP) is 1.88. The average Bonchev–Trinajstić information content (AvgIpc) is 3.17. The van der Waals surface area contributed by atoms with Crippen LogP contribution in [-0.2, 0) is 0 Å². The van der Waals surface area contributed by atoms with E-state index in [0.717, 1.165) is 25.9 Å². The largest absolute Gasteiger partial charge is 0.494 e. The minimum Gasteiger partial charge on any atom is -0.494 e. The average molecular weight is 361 g/mol. The first-order valence-electron chi connectivity index (χ1n) is 8.90. The van der Waals surface area contributed by atoms with E-state index < -0.39 is 0 Å². The lowest BCUT2D eigenvalue weighted by Crippen LogP contribution is -2.30. The Labute approximate surface area is 152 Å². The van der Waals surface area contributed by atoms with Crippen LogP contribution in [0, 0.1) is 5.82 Å². The zero-order valence-electron chi connectivity index (χ0n) is 14.9. The molecule has 0 bridgehead atoms. The van der Waals surface area contributed by atoms with Gasteiger partial charge in [0.25, 0.3) is 5.91 Å². The number of rotatable bonds is 7. The monoisotopic (exact) mass is 361 g/mol. The van der Waals surface area contributed by atoms with E-state index in [9.17, 15) is 9.18 Å². The number of aromatic nitrogens is 3. The first-order chi connectivity index (χ1) is 12.6. The van der Waals surface area contributed by atoms with Gasteiger partial charge in [-0.3, -0.25) is 4.79 Å². The molecule has 7 nitrogen and oxygen atoms in total. The Morgan fingerprint density at radius 2 is 2.08 bits per heavy atom. The van der Waals surface area contributed by atoms with Gasteiger partial charge in [0.2, 0.25) is 0 Å². The zero-order valence-corrected chi connectivity index (χ0v) is 14.9. The minimum absolute atomic E-state index is 0.146. The van der Waals surface area contributed by atoms with Crippen LogP contribution in [0.3, 0.4) is 0 Å². The second-order valence-corrected chi connectivity index (χ2v) is 6.45. The van der Waals surface area contributed by atoms with Crippen LogP contribution in [0.1, 0.15) is 35.8 Å². The molecular weight excluding hydrogens is 337 g/mol. The molecule has 1 aromatic heterocycles. The van der Waals surface area contributed by atoms with Crippen LogP contribution in [0.5, 0.6) is 5.75 Å². The molecule has 0 radical (unpaired) electrons. The summed E-state index contributed by atoms with van der Waals surface area (Å²) in [5, 5.41) is 11.5. The van der Waals surface area contributed by atoms with Gasteiger partial charge in [0.05, 0.1) is 18.8 Å². The lowest BCUT2D eigenvalue weighted by atomic mass is 10.1. The minimum atomic E-state index is -0.291. The number of benzene rings is 1. The van der Waals surface area contributed by atoms with Crippen molar-refractivity contribution < 1.29 is 13.9 Å². The van der Waals surface area contributed by atoms with E-state index in [1.165, 1.54) is 12.1 Å². The standard InChI is InChI=1S/C18H24FN5O2/c1-23(11-2-12-26-16-5-3-14(19)4-6-16)18(25)17-13-24(22-21-17)15-7-9-20-10-8-15/h3-6,13,15,20H,2,7-12H2,1H3. The van der Waals surface area contributed by atoms with Gasteiger partial charge in [-0.2, -0.15) is 0 Å². The summed E-state index contributed by atoms with van der Waals surface area (Å²) in [6.45, 7) is 2.91. The normalized spacial score (nSPS) is 15.0. The van der Waals surface area contributed by atoms with Crippen molar-refractivity contribution >= 4 is 5.91 Å². The number of nitrogens with zero attached hydrogens (tertiary/aromatic N) is 4. The third kappa shape index (κ3) is 4.78. The maximum absolute atomic E-state index is 12.8. The number of halogens is 1. The number of piperidine rings is 1. The van der Waals surface area contributed by atoms with Gasteiger partial charge in [-0.1, -0.05) is 5.21 Å². The van der Waals surface area contributed by atoms with Gasteiger partial charge in [0, 0.05) is 13.6 Å². The first kappa shape index (κ1) is 18.3. The van der Waals surface area contributed by atoms with Crippen LogP contribution >= 0.6 is 0 Å². The molecule has 0 atom stereocenters. The molecule has 1 aliphatic heterocycles. The molecule has 2 heterocycles. The molecule has 1 aliphatic rings. The SMILES string of the molecule is CN(CCCOc1ccc(F)cc1)C(=O)c1cn(C2CCNCC2)nn1. The summed E-state index contributed by atoms with van der Waals surface area (Å²) in [5.74, 6) is 0.178. The summed E-state index contributed by atoms with van der Waals surface area (Å²) in [4.78, 5) is 14.1. The number of ether oxygens (including phenoxy) is 1. The number of amides is 1. The van der Waals surface area contributed by atoms with E-state index in [-0.39, 0.29) is 11.7 Å². The topological polar surface area (TPSA) is 72.3 Å². The third-order valence-electron chi connectivity index (χ3n) is 4.48. The molecule has 0 spiro atoms. The van der Waals surface area contributed by atoms with E-state index in [2.05, 4.69) is 15.6 Å². The molecule has 2 aromatic rings. The van der Waals surface area contributed by atoms with Crippen molar-refractivity contribution in [3.8, 4) is 5.75 Å². The maximum atomic E-state index is 12.8. The van der Waals surface area contributed by atoms with Crippen molar-refractivity contribution in [1.82, 2.24) is 25.2 Å². The summed E-state index contributed by atoms with van der Waals surface area (Å²) in [6, 6.07) is 6.19. The third-order valence-corrected chi connectivity index (χ3v) is 4.48. The molecule has 140 valence electrons. The van der Waals surface area contributed by atoms with Crippen molar-refractivity contribution in [1.29, 1.82) is 0 Å². The molecule has 1 amide bonds. The summed E-state index contributed by atoms with van der Waals surface area (Å²) >= 11 is 0. The molecule has 1 fully saturated rings. The summed E-state index contributed by atoms with van der Waals surface area (Å²) in [7, 11) is 1.74. The van der Waals surface area contributed by atoms with E-state index in [1.54, 1.807) is 35.0 Å². The molecule has 1 aromatic carbocycles. The Morgan fingerprint density at radius 1 is 1.35 bits per heavy atom. The fourth-order valence-corrected chi connectivity index (χ4v) is 2.94. The molecule has 0 unspecified atom stereocenters. The first-order valence-corrected chi connectivity index (χ1v) is 8.90. The molecule has 26 heavy (non-hydrogen) atoms. The van der Waals surface area contributed by atoms with Crippen molar-refractivity contribution in [3.05, 3.63) is 42.0 Å². The smallest absolute Gasteiger partial charge is 0.275 e. The quantitative estimate of drug-likeness (QED) is 0.763. The van der Waals surface area contributed by atoms with Crippen LogP contribution in [0.4, 0.5) is 4.39 Å². The molecule has 3 rings (SSSR count). The van der Waals surface area contributed by atoms with E-state index in [0.29, 0.717) is 37.1 Å². The van der Waals surface area contributed by atoms with Crippen LogP contribution in [0.25, 0.3) is 0 Å². The van der Waals surface area contributed by atoms with Crippen LogP contribution in [-0.4, -0.2) is 59.1 Å². The second-order valence-electron chi connectivity index (χ2n) is 6.45. The molecular formula is C18H24FN5O2. The van der Waals surface area contributed by atoms with Gasteiger partial charge >= 0.3 is 0 Å². The predicted molar refractivity (Wildman–Crippen MR) is 94.6 cm³/mol.